The van der Waals surface area contributed by atoms with E-state index >= 15 is 0 Å². The number of non-ortho nitro benzene ring substituents is 1. The third-order valence-corrected chi connectivity index (χ3v) is 3.04. The molecule has 0 radical (unpaired) electrons. The van der Waals surface area contributed by atoms with Crippen LogP contribution >= 0.6 is 0 Å². The van der Waals surface area contributed by atoms with Crippen LogP contribution in [0.15, 0.2) is 36.4 Å². The van der Waals surface area contributed by atoms with Crippen molar-refractivity contribution in [2.75, 3.05) is 5.73 Å². The third-order valence-electron chi connectivity index (χ3n) is 3.04. The first-order valence-corrected chi connectivity index (χ1v) is 5.61. The van der Waals surface area contributed by atoms with Gasteiger partial charge in [-0.1, -0.05) is 0 Å². The molecular formula is C12H8N4O4. The van der Waals surface area contributed by atoms with Crippen molar-refractivity contribution in [2.24, 2.45) is 0 Å². The maximum Gasteiger partial charge on any atom is 0.297 e. The minimum Gasteiger partial charge on any atom is -0.617 e. The molecule has 3 rings (SSSR count). The molecular weight excluding hydrogens is 264 g/mol. The fourth-order valence-electron chi connectivity index (χ4n) is 2.09. The van der Waals surface area contributed by atoms with E-state index in [1.165, 1.54) is 30.3 Å². The zero-order chi connectivity index (χ0) is 14.4. The van der Waals surface area contributed by atoms with Gasteiger partial charge in [-0.25, -0.2) is 0 Å². The average Bonchev–Trinajstić information content (AvgIpc) is 2.44. The van der Waals surface area contributed by atoms with Gasteiger partial charge in [-0.05, 0) is 6.07 Å². The monoisotopic (exact) mass is 272 g/mol. The molecule has 20 heavy (non-hydrogen) atoms. The van der Waals surface area contributed by atoms with E-state index in [1.807, 2.05) is 0 Å². The van der Waals surface area contributed by atoms with E-state index in [2.05, 4.69) is 0 Å². The number of nitro benzene ring substituents is 1. The van der Waals surface area contributed by atoms with Gasteiger partial charge in [0.25, 0.3) is 27.8 Å². The maximum atomic E-state index is 12.2. The Balaban J connectivity index is 2.51. The zero-order valence-corrected chi connectivity index (χ0v) is 10.0. The van der Waals surface area contributed by atoms with Crippen LogP contribution in [-0.4, -0.2) is 4.92 Å². The van der Waals surface area contributed by atoms with Crippen molar-refractivity contribution >= 4 is 33.4 Å². The van der Waals surface area contributed by atoms with E-state index in [-0.39, 0.29) is 27.8 Å². The molecule has 100 valence electrons. The van der Waals surface area contributed by atoms with Crippen LogP contribution in [0.5, 0.6) is 0 Å². The van der Waals surface area contributed by atoms with Crippen LogP contribution < -0.4 is 15.2 Å². The maximum absolute atomic E-state index is 12.2. The van der Waals surface area contributed by atoms with Gasteiger partial charge in [0.2, 0.25) is 0 Å². The number of hydrogen-bond donors (Lipinski definition) is 1. The summed E-state index contributed by atoms with van der Waals surface area (Å²) in [5.74, 6) is 0. The Morgan fingerprint density at radius 2 is 1.45 bits per heavy atom. The van der Waals surface area contributed by atoms with Gasteiger partial charge in [-0.2, -0.15) is 9.46 Å². The van der Waals surface area contributed by atoms with Crippen LogP contribution in [0.1, 0.15) is 0 Å². The second kappa shape index (κ2) is 3.92. The Morgan fingerprint density at radius 3 is 2.05 bits per heavy atom. The number of fused-ring (bicyclic) bond motifs is 2. The number of nitrogen functional groups attached to an aromatic ring is 1. The van der Waals surface area contributed by atoms with E-state index in [4.69, 9.17) is 5.73 Å². The van der Waals surface area contributed by atoms with Gasteiger partial charge in [0.05, 0.1) is 11.0 Å². The molecule has 2 aromatic carbocycles. The number of nitrogens with zero attached hydrogens (tertiary/aromatic N) is 3. The lowest BCUT2D eigenvalue weighted by Crippen LogP contribution is -2.39. The predicted octanol–water partition coefficient (Wildman–Crippen LogP) is 0.750. The van der Waals surface area contributed by atoms with Crippen LogP contribution in [0.25, 0.3) is 22.1 Å². The average molecular weight is 272 g/mol. The molecule has 8 nitrogen and oxygen atoms in total. The Kier molecular flexibility index (Phi) is 2.33. The van der Waals surface area contributed by atoms with Gasteiger partial charge in [0.1, 0.15) is 0 Å². The first-order valence-electron chi connectivity index (χ1n) is 5.61. The lowest BCUT2D eigenvalue weighted by atomic mass is 10.2. The lowest BCUT2D eigenvalue weighted by molar-refractivity contribution is -0.591. The number of hydrogen-bond acceptors (Lipinski definition) is 5. The van der Waals surface area contributed by atoms with E-state index in [1.54, 1.807) is 0 Å². The topological polar surface area (TPSA) is 123 Å². The molecule has 2 N–H and O–H groups in total. The molecule has 0 unspecified atom stereocenters. The molecule has 0 bridgehead atoms. The smallest absolute Gasteiger partial charge is 0.297 e. The highest BCUT2D eigenvalue weighted by Gasteiger charge is 2.23. The summed E-state index contributed by atoms with van der Waals surface area (Å²) in [6.07, 6.45) is 0. The molecule has 8 heteroatoms. The second-order valence-electron chi connectivity index (χ2n) is 4.27. The summed E-state index contributed by atoms with van der Waals surface area (Å²) in [6.45, 7) is 0. The molecule has 0 spiro atoms. The standard InChI is InChI=1S/C12H8N4O4/c13-7-1-3-9-11(5-7)14(17)10-4-2-8(16(19)20)6-12(10)15(9)18/h1-6H,13H2. The number of anilines is 1. The lowest BCUT2D eigenvalue weighted by Gasteiger charge is -2.07. The van der Waals surface area contributed by atoms with E-state index in [0.717, 1.165) is 6.07 Å². The van der Waals surface area contributed by atoms with Crippen molar-refractivity contribution in [1.29, 1.82) is 0 Å². The van der Waals surface area contributed by atoms with E-state index in [9.17, 15) is 20.5 Å². The van der Waals surface area contributed by atoms with Gasteiger partial charge >= 0.3 is 0 Å². The van der Waals surface area contributed by atoms with Crippen molar-refractivity contribution in [3.8, 4) is 0 Å². The summed E-state index contributed by atoms with van der Waals surface area (Å²) in [5.41, 5.74) is 5.89. The molecule has 1 aromatic heterocycles. The molecule has 1 heterocycles. The van der Waals surface area contributed by atoms with Crippen molar-refractivity contribution in [3.63, 3.8) is 0 Å². The summed E-state index contributed by atoms with van der Waals surface area (Å²) in [4.78, 5) is 10.1. The summed E-state index contributed by atoms with van der Waals surface area (Å²) in [6, 6.07) is 7.78. The molecule has 0 aliphatic rings. The van der Waals surface area contributed by atoms with E-state index < -0.39 is 4.92 Å². The SMILES string of the molecule is Nc1ccc2c(c1)[n+]([O-])c1ccc([N+](=O)[O-])cc1[n+]2[O-]. The Labute approximate surface area is 111 Å². The van der Waals surface area contributed by atoms with Gasteiger partial charge in [-0.3, -0.25) is 10.1 Å². The largest absolute Gasteiger partial charge is 0.617 e. The second-order valence-corrected chi connectivity index (χ2v) is 4.27. The Hall–Kier alpha value is -3.16. The minimum atomic E-state index is -0.623. The number of benzene rings is 2. The highest BCUT2D eigenvalue weighted by molar-refractivity contribution is 5.79. The van der Waals surface area contributed by atoms with Crippen molar-refractivity contribution < 1.29 is 14.4 Å². The predicted molar refractivity (Wildman–Crippen MR) is 70.4 cm³/mol. The van der Waals surface area contributed by atoms with Crippen LogP contribution in [0.3, 0.4) is 0 Å². The van der Waals surface area contributed by atoms with Gasteiger partial charge in [0, 0.05) is 30.0 Å². The van der Waals surface area contributed by atoms with Crippen LogP contribution in [0, 0.1) is 20.5 Å². The molecule has 0 saturated heterocycles. The fourth-order valence-corrected chi connectivity index (χ4v) is 2.09. The molecule has 0 aliphatic carbocycles. The minimum absolute atomic E-state index is 0.0451. The number of nitrogens with two attached hydrogens (primary N) is 1. The van der Waals surface area contributed by atoms with Crippen molar-refractivity contribution in [2.45, 2.75) is 0 Å². The van der Waals surface area contributed by atoms with Crippen LogP contribution in [0.4, 0.5) is 11.4 Å². The Bertz CT molecular complexity index is 878. The van der Waals surface area contributed by atoms with E-state index in [0.29, 0.717) is 15.1 Å². The highest BCUT2D eigenvalue weighted by Crippen LogP contribution is 2.19. The molecule has 0 amide bonds. The number of aromatic nitrogens is 2. The van der Waals surface area contributed by atoms with Crippen LogP contribution in [-0.2, 0) is 0 Å². The zero-order valence-electron chi connectivity index (χ0n) is 10.0. The summed E-state index contributed by atoms with van der Waals surface area (Å²) >= 11 is 0. The normalized spacial score (nSPS) is 11.0. The summed E-state index contributed by atoms with van der Waals surface area (Å²) < 4.78 is 1.03. The van der Waals surface area contributed by atoms with Gasteiger partial charge < -0.3 is 16.1 Å². The molecule has 0 saturated carbocycles. The molecule has 0 aliphatic heterocycles. The molecule has 0 fully saturated rings. The Morgan fingerprint density at radius 1 is 0.900 bits per heavy atom. The number of nitro groups is 1. The first-order chi connectivity index (χ1) is 9.49. The van der Waals surface area contributed by atoms with Crippen LogP contribution in [0.2, 0.25) is 0 Å². The van der Waals surface area contributed by atoms with Crippen molar-refractivity contribution in [1.82, 2.24) is 0 Å². The van der Waals surface area contributed by atoms with Crippen molar-refractivity contribution in [3.05, 3.63) is 56.9 Å². The molecule has 3 aromatic rings. The first kappa shape index (κ1) is 11.9. The highest BCUT2D eigenvalue weighted by atomic mass is 16.6. The number of rotatable bonds is 1. The summed E-state index contributed by atoms with van der Waals surface area (Å²) in [5, 5.41) is 35.2. The quantitative estimate of drug-likeness (QED) is 0.175. The fraction of sp³-hybridized carbons (Fsp3) is 0. The molecule has 0 atom stereocenters. The van der Waals surface area contributed by atoms with Gasteiger partial charge in [0.15, 0.2) is 0 Å². The van der Waals surface area contributed by atoms with Gasteiger partial charge in [-0.15, -0.1) is 0 Å². The third kappa shape index (κ3) is 1.55. The summed E-state index contributed by atoms with van der Waals surface area (Å²) in [7, 11) is 0.